The average Bonchev–Trinajstić information content (AvgIpc) is 3.02. The molecule has 30 heavy (non-hydrogen) atoms. The Morgan fingerprint density at radius 3 is 2.53 bits per heavy atom. The Labute approximate surface area is 189 Å². The Bertz CT molecular complexity index is 951. The molecule has 0 N–H and O–H groups in total. The van der Waals surface area contributed by atoms with Gasteiger partial charge in [-0.25, -0.2) is 0 Å². The predicted octanol–water partition coefficient (Wildman–Crippen LogP) is 6.64. The van der Waals surface area contributed by atoms with E-state index in [4.69, 9.17) is 4.74 Å². The summed E-state index contributed by atoms with van der Waals surface area (Å²) in [7, 11) is 0. The molecule has 2 aliphatic rings. The quantitative estimate of drug-likeness (QED) is 0.429. The standard InChI is InChI=1S/C24H24BrNO3S/c25-20-12-10-18(11-13-20)16-29-21-9-5-4-8-19(21)14-22-23(27)26(24(28)30-22)15-17-6-2-1-3-7-17/h4-5,8-14,17H,1-3,6-7,15-16H2/b22-14+. The third kappa shape index (κ3) is 5.16. The molecule has 2 aromatic carbocycles. The molecule has 156 valence electrons. The van der Waals surface area contributed by atoms with E-state index in [-0.39, 0.29) is 11.1 Å². The lowest BCUT2D eigenvalue weighted by molar-refractivity contribution is -0.123. The number of para-hydroxylation sites is 1. The minimum Gasteiger partial charge on any atom is -0.488 e. The summed E-state index contributed by atoms with van der Waals surface area (Å²) in [5.74, 6) is 0.950. The van der Waals surface area contributed by atoms with Gasteiger partial charge in [-0.15, -0.1) is 0 Å². The van der Waals surface area contributed by atoms with Gasteiger partial charge in [-0.2, -0.15) is 0 Å². The monoisotopic (exact) mass is 485 g/mol. The van der Waals surface area contributed by atoms with Crippen LogP contribution in [-0.4, -0.2) is 22.6 Å². The zero-order chi connectivity index (χ0) is 20.9. The number of thioether (sulfide) groups is 1. The first-order valence-corrected chi connectivity index (χ1v) is 11.9. The van der Waals surface area contributed by atoms with E-state index >= 15 is 0 Å². The second-order valence-corrected chi connectivity index (χ2v) is 9.66. The normalized spacial score (nSPS) is 19.0. The van der Waals surface area contributed by atoms with Crippen molar-refractivity contribution in [2.24, 2.45) is 5.92 Å². The van der Waals surface area contributed by atoms with Gasteiger partial charge in [-0.05, 0) is 60.4 Å². The molecule has 4 rings (SSSR count). The average molecular weight is 486 g/mol. The highest BCUT2D eigenvalue weighted by atomic mass is 79.9. The number of carbonyl (C=O) groups excluding carboxylic acids is 2. The molecule has 0 aromatic heterocycles. The van der Waals surface area contributed by atoms with Crippen molar-refractivity contribution in [1.82, 2.24) is 4.90 Å². The van der Waals surface area contributed by atoms with Crippen LogP contribution in [0.3, 0.4) is 0 Å². The lowest BCUT2D eigenvalue weighted by Gasteiger charge is -2.25. The minimum atomic E-state index is -0.182. The summed E-state index contributed by atoms with van der Waals surface area (Å²) < 4.78 is 7.03. The fraction of sp³-hybridized carbons (Fsp3) is 0.333. The van der Waals surface area contributed by atoms with Crippen molar-refractivity contribution in [3.05, 3.63) is 69.0 Å². The molecule has 2 amide bonds. The Kier molecular flexibility index (Phi) is 6.95. The maximum absolute atomic E-state index is 12.9. The highest BCUT2D eigenvalue weighted by Crippen LogP contribution is 2.36. The van der Waals surface area contributed by atoms with Crippen molar-refractivity contribution in [2.45, 2.75) is 38.7 Å². The van der Waals surface area contributed by atoms with Crippen LogP contribution < -0.4 is 4.74 Å². The summed E-state index contributed by atoms with van der Waals surface area (Å²) in [6.07, 6.45) is 7.64. The van der Waals surface area contributed by atoms with E-state index in [0.717, 1.165) is 40.2 Å². The van der Waals surface area contributed by atoms with Crippen LogP contribution in [0.25, 0.3) is 6.08 Å². The number of amides is 2. The van der Waals surface area contributed by atoms with Crippen LogP contribution in [-0.2, 0) is 11.4 Å². The number of benzene rings is 2. The number of ether oxygens (including phenoxy) is 1. The van der Waals surface area contributed by atoms with E-state index in [1.165, 1.54) is 24.2 Å². The van der Waals surface area contributed by atoms with Crippen molar-refractivity contribution in [2.75, 3.05) is 6.54 Å². The molecule has 2 fully saturated rings. The van der Waals surface area contributed by atoms with Gasteiger partial charge in [0.1, 0.15) is 12.4 Å². The first kappa shape index (κ1) is 21.2. The molecule has 0 bridgehead atoms. The third-order valence-corrected chi connectivity index (χ3v) is 6.99. The zero-order valence-electron chi connectivity index (χ0n) is 16.7. The van der Waals surface area contributed by atoms with E-state index < -0.39 is 0 Å². The first-order chi connectivity index (χ1) is 14.6. The SMILES string of the molecule is O=C1S/C(=C/c2ccccc2OCc2ccc(Br)cc2)C(=O)N1CC1CCCCC1. The highest BCUT2D eigenvalue weighted by molar-refractivity contribution is 9.10. The molecular weight excluding hydrogens is 462 g/mol. The number of imide groups is 1. The molecule has 1 saturated carbocycles. The largest absolute Gasteiger partial charge is 0.488 e. The summed E-state index contributed by atoms with van der Waals surface area (Å²) in [6, 6.07) is 15.6. The van der Waals surface area contributed by atoms with E-state index in [1.54, 1.807) is 6.08 Å². The van der Waals surface area contributed by atoms with Gasteiger partial charge in [-0.3, -0.25) is 14.5 Å². The van der Waals surface area contributed by atoms with Crippen LogP contribution in [0.15, 0.2) is 57.9 Å². The summed E-state index contributed by atoms with van der Waals surface area (Å²) in [6.45, 7) is 0.977. The van der Waals surface area contributed by atoms with Gasteiger partial charge in [-0.1, -0.05) is 65.5 Å². The third-order valence-electron chi connectivity index (χ3n) is 5.55. The van der Waals surface area contributed by atoms with E-state index in [9.17, 15) is 9.59 Å². The molecule has 0 spiro atoms. The summed E-state index contributed by atoms with van der Waals surface area (Å²) >= 11 is 4.46. The number of halogens is 1. The fourth-order valence-corrected chi connectivity index (χ4v) is 5.00. The highest BCUT2D eigenvalue weighted by Gasteiger charge is 2.36. The van der Waals surface area contributed by atoms with Crippen molar-refractivity contribution < 1.29 is 14.3 Å². The van der Waals surface area contributed by atoms with Crippen LogP contribution >= 0.6 is 27.7 Å². The minimum absolute atomic E-state index is 0.162. The number of nitrogens with zero attached hydrogens (tertiary/aromatic N) is 1. The molecule has 0 radical (unpaired) electrons. The first-order valence-electron chi connectivity index (χ1n) is 10.3. The fourth-order valence-electron chi connectivity index (χ4n) is 3.90. The Morgan fingerprint density at radius 2 is 1.77 bits per heavy atom. The van der Waals surface area contributed by atoms with Gasteiger partial charge in [0.2, 0.25) is 0 Å². The van der Waals surface area contributed by atoms with Gasteiger partial charge in [0.15, 0.2) is 0 Å². The molecule has 0 atom stereocenters. The maximum Gasteiger partial charge on any atom is 0.293 e. The van der Waals surface area contributed by atoms with Crippen molar-refractivity contribution >= 4 is 44.9 Å². The van der Waals surface area contributed by atoms with Crippen LogP contribution in [0.1, 0.15) is 43.2 Å². The molecule has 2 aromatic rings. The molecule has 1 aliphatic carbocycles. The van der Waals surface area contributed by atoms with Crippen molar-refractivity contribution in [1.29, 1.82) is 0 Å². The smallest absolute Gasteiger partial charge is 0.293 e. The maximum atomic E-state index is 12.9. The lowest BCUT2D eigenvalue weighted by atomic mass is 9.89. The second kappa shape index (κ2) is 9.84. The summed E-state index contributed by atoms with van der Waals surface area (Å²) in [5.41, 5.74) is 1.86. The number of rotatable bonds is 6. The lowest BCUT2D eigenvalue weighted by Crippen LogP contribution is -2.34. The predicted molar refractivity (Wildman–Crippen MR) is 124 cm³/mol. The van der Waals surface area contributed by atoms with Gasteiger partial charge in [0.05, 0.1) is 4.91 Å². The Hall–Kier alpha value is -2.05. The van der Waals surface area contributed by atoms with Gasteiger partial charge in [0.25, 0.3) is 11.1 Å². The number of hydrogen-bond acceptors (Lipinski definition) is 4. The van der Waals surface area contributed by atoms with E-state index in [0.29, 0.717) is 29.7 Å². The van der Waals surface area contributed by atoms with Gasteiger partial charge < -0.3 is 4.74 Å². The second-order valence-electron chi connectivity index (χ2n) is 7.75. The van der Waals surface area contributed by atoms with Gasteiger partial charge >= 0.3 is 0 Å². The van der Waals surface area contributed by atoms with Crippen molar-refractivity contribution in [3.8, 4) is 5.75 Å². The van der Waals surface area contributed by atoms with E-state index in [2.05, 4.69) is 15.9 Å². The zero-order valence-corrected chi connectivity index (χ0v) is 19.1. The van der Waals surface area contributed by atoms with Gasteiger partial charge in [0, 0.05) is 16.6 Å². The molecule has 1 aliphatic heterocycles. The van der Waals surface area contributed by atoms with Crippen LogP contribution in [0.4, 0.5) is 4.79 Å². The van der Waals surface area contributed by atoms with Crippen molar-refractivity contribution in [3.63, 3.8) is 0 Å². The van der Waals surface area contributed by atoms with Crippen LogP contribution in [0.5, 0.6) is 5.75 Å². The van der Waals surface area contributed by atoms with Crippen LogP contribution in [0.2, 0.25) is 0 Å². The van der Waals surface area contributed by atoms with Crippen LogP contribution in [0, 0.1) is 5.92 Å². The number of hydrogen-bond donors (Lipinski definition) is 0. The Balaban J connectivity index is 1.46. The van der Waals surface area contributed by atoms with E-state index in [1.807, 2.05) is 48.5 Å². The molecule has 0 unspecified atom stereocenters. The molecule has 1 heterocycles. The molecule has 6 heteroatoms. The molecular formula is C24H24BrNO3S. The number of carbonyl (C=O) groups is 2. The molecule has 4 nitrogen and oxygen atoms in total. The topological polar surface area (TPSA) is 46.6 Å². The summed E-state index contributed by atoms with van der Waals surface area (Å²) in [5, 5.41) is -0.162. The summed E-state index contributed by atoms with van der Waals surface area (Å²) in [4.78, 5) is 27.3. The Morgan fingerprint density at radius 1 is 1.03 bits per heavy atom. The molecule has 1 saturated heterocycles.